The van der Waals surface area contributed by atoms with E-state index < -0.39 is 0 Å². The third kappa shape index (κ3) is 3.12. The number of aryl methyl sites for hydroxylation is 1. The fourth-order valence-corrected chi connectivity index (χ4v) is 3.92. The predicted octanol–water partition coefficient (Wildman–Crippen LogP) is 2.56. The number of piperidine rings is 1. The van der Waals surface area contributed by atoms with Crippen molar-refractivity contribution in [1.29, 1.82) is 0 Å². The van der Waals surface area contributed by atoms with Gasteiger partial charge in [0.1, 0.15) is 0 Å². The van der Waals surface area contributed by atoms with Crippen molar-refractivity contribution in [2.45, 2.75) is 44.9 Å². The Morgan fingerprint density at radius 3 is 2.83 bits per heavy atom. The number of nitrogens with zero attached hydrogens (tertiary/aromatic N) is 1. The number of thiophene rings is 1. The van der Waals surface area contributed by atoms with Gasteiger partial charge in [-0.05, 0) is 45.4 Å². The number of methoxy groups -OCH3 is 1. The van der Waals surface area contributed by atoms with Gasteiger partial charge in [-0.1, -0.05) is 0 Å². The lowest BCUT2D eigenvalue weighted by Crippen LogP contribution is -2.46. The minimum Gasteiger partial charge on any atom is -0.380 e. The Balaban J connectivity index is 2.14. The minimum atomic E-state index is 0.152. The molecule has 0 spiro atoms. The van der Waals surface area contributed by atoms with Gasteiger partial charge in [0, 0.05) is 29.5 Å². The molecule has 0 aromatic carbocycles. The van der Waals surface area contributed by atoms with E-state index in [9.17, 15) is 0 Å². The van der Waals surface area contributed by atoms with Crippen LogP contribution in [0.15, 0.2) is 12.1 Å². The van der Waals surface area contributed by atoms with Gasteiger partial charge in [0.25, 0.3) is 0 Å². The SMILES string of the molecule is COC1CCCN(C(c2ccc(C)s2)C(C)N)C1. The largest absolute Gasteiger partial charge is 0.380 e. The van der Waals surface area contributed by atoms with E-state index in [1.807, 2.05) is 18.4 Å². The molecule has 3 nitrogen and oxygen atoms in total. The molecule has 2 heterocycles. The summed E-state index contributed by atoms with van der Waals surface area (Å²) in [6.07, 6.45) is 2.73. The van der Waals surface area contributed by atoms with Crippen LogP contribution in [0.3, 0.4) is 0 Å². The Labute approximate surface area is 114 Å². The molecule has 0 radical (unpaired) electrons. The summed E-state index contributed by atoms with van der Waals surface area (Å²) in [6, 6.07) is 4.90. The molecule has 18 heavy (non-hydrogen) atoms. The molecule has 2 N–H and O–H groups in total. The minimum absolute atomic E-state index is 0.152. The molecule has 4 heteroatoms. The van der Waals surface area contributed by atoms with E-state index in [1.54, 1.807) is 0 Å². The van der Waals surface area contributed by atoms with Crippen molar-refractivity contribution in [3.05, 3.63) is 21.9 Å². The van der Waals surface area contributed by atoms with Gasteiger partial charge in [0.2, 0.25) is 0 Å². The van der Waals surface area contributed by atoms with E-state index in [-0.39, 0.29) is 6.04 Å². The summed E-state index contributed by atoms with van der Waals surface area (Å²) < 4.78 is 5.51. The highest BCUT2D eigenvalue weighted by atomic mass is 32.1. The van der Waals surface area contributed by atoms with Crippen LogP contribution in [0.25, 0.3) is 0 Å². The highest BCUT2D eigenvalue weighted by molar-refractivity contribution is 7.12. The van der Waals surface area contributed by atoms with Gasteiger partial charge >= 0.3 is 0 Å². The summed E-state index contributed by atoms with van der Waals surface area (Å²) in [4.78, 5) is 5.24. The monoisotopic (exact) mass is 268 g/mol. The smallest absolute Gasteiger partial charge is 0.0698 e. The molecular weight excluding hydrogens is 244 g/mol. The van der Waals surface area contributed by atoms with Crippen LogP contribution in [0.2, 0.25) is 0 Å². The van der Waals surface area contributed by atoms with Crippen LogP contribution in [-0.2, 0) is 4.74 Å². The number of nitrogens with two attached hydrogens (primary N) is 1. The lowest BCUT2D eigenvalue weighted by molar-refractivity contribution is 0.0110. The van der Waals surface area contributed by atoms with E-state index in [0.29, 0.717) is 12.1 Å². The zero-order valence-electron chi connectivity index (χ0n) is 11.6. The lowest BCUT2D eigenvalue weighted by Gasteiger charge is -2.39. The average Bonchev–Trinajstić information content (AvgIpc) is 2.75. The van der Waals surface area contributed by atoms with Gasteiger partial charge in [0.15, 0.2) is 0 Å². The van der Waals surface area contributed by atoms with E-state index in [1.165, 1.54) is 22.6 Å². The summed E-state index contributed by atoms with van der Waals surface area (Å²) in [5.74, 6) is 0. The van der Waals surface area contributed by atoms with Gasteiger partial charge in [-0.25, -0.2) is 0 Å². The Morgan fingerprint density at radius 2 is 2.28 bits per heavy atom. The Kier molecular flexibility index (Phi) is 4.78. The van der Waals surface area contributed by atoms with Crippen molar-refractivity contribution in [2.24, 2.45) is 5.73 Å². The maximum Gasteiger partial charge on any atom is 0.0698 e. The highest BCUT2D eigenvalue weighted by Crippen LogP contribution is 2.32. The van der Waals surface area contributed by atoms with Crippen molar-refractivity contribution in [1.82, 2.24) is 4.90 Å². The van der Waals surface area contributed by atoms with E-state index in [2.05, 4.69) is 30.9 Å². The molecule has 1 fully saturated rings. The molecule has 1 aromatic rings. The predicted molar refractivity (Wildman–Crippen MR) is 77.1 cm³/mol. The molecule has 2 rings (SSSR count). The number of hydrogen-bond donors (Lipinski definition) is 1. The average molecular weight is 268 g/mol. The molecule has 0 bridgehead atoms. The maximum atomic E-state index is 6.22. The molecule has 0 saturated carbocycles. The van der Waals surface area contributed by atoms with E-state index in [4.69, 9.17) is 10.5 Å². The van der Waals surface area contributed by atoms with Crippen molar-refractivity contribution >= 4 is 11.3 Å². The molecule has 1 aromatic heterocycles. The number of likely N-dealkylation sites (tertiary alicyclic amines) is 1. The first kappa shape index (κ1) is 14.0. The van der Waals surface area contributed by atoms with Gasteiger partial charge < -0.3 is 10.5 Å². The second kappa shape index (κ2) is 6.15. The molecular formula is C14H24N2OS. The summed E-state index contributed by atoms with van der Waals surface area (Å²) in [7, 11) is 1.81. The first-order valence-corrected chi connectivity index (χ1v) is 7.52. The normalized spacial score (nSPS) is 25.0. The first-order valence-electron chi connectivity index (χ1n) is 6.70. The zero-order valence-corrected chi connectivity index (χ0v) is 12.4. The Morgan fingerprint density at radius 1 is 1.50 bits per heavy atom. The van der Waals surface area contributed by atoms with Crippen LogP contribution in [-0.4, -0.2) is 37.2 Å². The van der Waals surface area contributed by atoms with Crippen LogP contribution in [0.1, 0.15) is 35.6 Å². The summed E-state index contributed by atoms with van der Waals surface area (Å²) >= 11 is 1.86. The summed E-state index contributed by atoms with van der Waals surface area (Å²) in [5.41, 5.74) is 6.22. The van der Waals surface area contributed by atoms with Crippen molar-refractivity contribution < 1.29 is 4.74 Å². The fraction of sp³-hybridized carbons (Fsp3) is 0.714. The molecule has 1 saturated heterocycles. The topological polar surface area (TPSA) is 38.5 Å². The molecule has 102 valence electrons. The van der Waals surface area contributed by atoms with Crippen molar-refractivity contribution in [2.75, 3.05) is 20.2 Å². The number of hydrogen-bond acceptors (Lipinski definition) is 4. The van der Waals surface area contributed by atoms with Gasteiger partial charge in [-0.2, -0.15) is 0 Å². The summed E-state index contributed by atoms with van der Waals surface area (Å²) in [6.45, 7) is 6.39. The fourth-order valence-electron chi connectivity index (χ4n) is 2.80. The third-order valence-electron chi connectivity index (χ3n) is 3.69. The van der Waals surface area contributed by atoms with Gasteiger partial charge in [-0.3, -0.25) is 4.90 Å². The lowest BCUT2D eigenvalue weighted by atomic mass is 10.0. The Hall–Kier alpha value is -0.420. The Bertz CT molecular complexity index is 378. The first-order chi connectivity index (χ1) is 8.61. The van der Waals surface area contributed by atoms with Crippen molar-refractivity contribution in [3.63, 3.8) is 0 Å². The number of ether oxygens (including phenoxy) is 1. The molecule has 3 atom stereocenters. The summed E-state index contributed by atoms with van der Waals surface area (Å²) in [5, 5.41) is 0. The molecule has 0 amide bonds. The van der Waals surface area contributed by atoms with Crippen molar-refractivity contribution in [3.8, 4) is 0 Å². The standard InChI is InChI=1S/C14H24N2OS/c1-10-6-7-13(18-10)14(11(2)15)16-8-4-5-12(9-16)17-3/h6-7,11-12,14H,4-5,8-9,15H2,1-3H3. The van der Waals surface area contributed by atoms with Crippen LogP contribution < -0.4 is 5.73 Å². The molecule has 1 aliphatic heterocycles. The maximum absolute atomic E-state index is 6.22. The van der Waals surface area contributed by atoms with Crippen LogP contribution in [0, 0.1) is 6.92 Å². The molecule has 0 aliphatic carbocycles. The van der Waals surface area contributed by atoms with Gasteiger partial charge in [-0.15, -0.1) is 11.3 Å². The second-order valence-corrected chi connectivity index (χ2v) is 6.57. The second-order valence-electron chi connectivity index (χ2n) is 5.25. The van der Waals surface area contributed by atoms with Crippen LogP contribution in [0.4, 0.5) is 0 Å². The van der Waals surface area contributed by atoms with E-state index in [0.717, 1.165) is 13.1 Å². The third-order valence-corrected chi connectivity index (χ3v) is 4.76. The quantitative estimate of drug-likeness (QED) is 0.912. The zero-order chi connectivity index (χ0) is 13.1. The molecule has 1 aliphatic rings. The van der Waals surface area contributed by atoms with Crippen LogP contribution in [0.5, 0.6) is 0 Å². The number of rotatable bonds is 4. The van der Waals surface area contributed by atoms with E-state index >= 15 is 0 Å². The van der Waals surface area contributed by atoms with Crippen LogP contribution >= 0.6 is 11.3 Å². The highest BCUT2D eigenvalue weighted by Gasteiger charge is 2.29. The van der Waals surface area contributed by atoms with Gasteiger partial charge in [0.05, 0.1) is 12.1 Å². The molecule has 3 unspecified atom stereocenters.